The van der Waals surface area contributed by atoms with Gasteiger partial charge in [-0.1, -0.05) is 83.9 Å². The summed E-state index contributed by atoms with van der Waals surface area (Å²) in [6.45, 7) is 2.06. The number of hydrogen-bond donors (Lipinski definition) is 1. The van der Waals surface area contributed by atoms with Gasteiger partial charge in [0.2, 0.25) is 0 Å². The molecule has 2 atom stereocenters. The van der Waals surface area contributed by atoms with Crippen LogP contribution in [0.15, 0.2) is 114 Å². The molecule has 4 nitrogen and oxygen atoms in total. The summed E-state index contributed by atoms with van der Waals surface area (Å²) in [7, 11) is 0. The third-order valence-electron chi connectivity index (χ3n) is 7.44. The molecule has 0 saturated heterocycles. The van der Waals surface area contributed by atoms with Crippen molar-refractivity contribution in [3.63, 3.8) is 0 Å². The normalized spacial score (nSPS) is 18.8. The first-order valence-electron chi connectivity index (χ1n) is 12.8. The Labute approximate surface area is 227 Å². The van der Waals surface area contributed by atoms with Crippen LogP contribution in [0.5, 0.6) is 0 Å². The second kappa shape index (κ2) is 9.96. The topological polar surface area (TPSA) is 49.4 Å². The predicted molar refractivity (Wildman–Crippen MR) is 153 cm³/mol. The number of para-hydroxylation sites is 2. The van der Waals surface area contributed by atoms with Gasteiger partial charge in [-0.25, -0.2) is 0 Å². The average molecular weight is 519 g/mol. The van der Waals surface area contributed by atoms with Crippen LogP contribution in [0.25, 0.3) is 0 Å². The van der Waals surface area contributed by atoms with Gasteiger partial charge >= 0.3 is 0 Å². The Balaban J connectivity index is 1.56. The van der Waals surface area contributed by atoms with E-state index in [4.69, 9.17) is 11.6 Å². The third-order valence-corrected chi connectivity index (χ3v) is 7.68. The molecule has 1 amide bonds. The number of carbonyl (C=O) groups is 2. The lowest BCUT2D eigenvalue weighted by atomic mass is 9.78. The first kappa shape index (κ1) is 24.2. The van der Waals surface area contributed by atoms with Crippen molar-refractivity contribution in [2.24, 2.45) is 0 Å². The minimum atomic E-state index is -0.626. The van der Waals surface area contributed by atoms with E-state index in [9.17, 15) is 9.59 Å². The molecule has 5 heteroatoms. The Morgan fingerprint density at radius 2 is 1.58 bits per heavy atom. The molecule has 0 radical (unpaired) electrons. The number of nitrogens with zero attached hydrogens (tertiary/aromatic N) is 1. The zero-order valence-electron chi connectivity index (χ0n) is 21.0. The number of ketones is 1. The van der Waals surface area contributed by atoms with E-state index in [0.717, 1.165) is 28.2 Å². The first-order valence-corrected chi connectivity index (χ1v) is 13.2. The molecule has 0 fully saturated rings. The lowest BCUT2D eigenvalue weighted by molar-refractivity contribution is -0.116. The highest BCUT2D eigenvalue weighted by molar-refractivity contribution is 6.30. The van der Waals surface area contributed by atoms with Crippen LogP contribution in [0.2, 0.25) is 5.02 Å². The number of Topliss-reactive ketones (excluding diaryl/α,β-unsaturated/α-hetero) is 1. The summed E-state index contributed by atoms with van der Waals surface area (Å²) in [6.07, 6.45) is 1.05. The molecule has 2 aliphatic rings. The number of halogens is 1. The number of fused-ring (bicyclic) bond motifs is 1. The van der Waals surface area contributed by atoms with Gasteiger partial charge in [0.15, 0.2) is 5.78 Å². The second-order valence-corrected chi connectivity index (χ2v) is 10.4. The van der Waals surface area contributed by atoms with E-state index in [1.165, 1.54) is 5.56 Å². The summed E-state index contributed by atoms with van der Waals surface area (Å²) in [5, 5.41) is 4.14. The fourth-order valence-corrected chi connectivity index (χ4v) is 5.80. The largest absolute Gasteiger partial charge is 0.357 e. The number of hydrogen-bond acceptors (Lipinski definition) is 3. The lowest BCUT2D eigenvalue weighted by Gasteiger charge is -2.35. The van der Waals surface area contributed by atoms with Crippen LogP contribution in [0, 0.1) is 6.92 Å². The highest BCUT2D eigenvalue weighted by Crippen LogP contribution is 2.48. The molecular weight excluding hydrogens is 492 g/mol. The van der Waals surface area contributed by atoms with Crippen LogP contribution >= 0.6 is 11.6 Å². The minimum absolute atomic E-state index is 0.0352. The molecule has 0 saturated carbocycles. The molecule has 1 heterocycles. The summed E-state index contributed by atoms with van der Waals surface area (Å²) in [6, 6.07) is 32.2. The maximum Gasteiger partial charge on any atom is 0.259 e. The van der Waals surface area contributed by atoms with E-state index in [2.05, 4.69) is 36.5 Å². The van der Waals surface area contributed by atoms with Crippen LogP contribution in [0.4, 0.5) is 11.4 Å². The highest BCUT2D eigenvalue weighted by atomic mass is 35.5. The van der Waals surface area contributed by atoms with Crippen LogP contribution in [0.3, 0.4) is 0 Å². The molecule has 6 rings (SSSR count). The summed E-state index contributed by atoms with van der Waals surface area (Å²) >= 11 is 6.46. The molecule has 1 aliphatic carbocycles. The van der Waals surface area contributed by atoms with Crippen LogP contribution in [-0.2, 0) is 4.79 Å². The molecule has 4 aromatic carbocycles. The Morgan fingerprint density at radius 1 is 0.842 bits per heavy atom. The summed E-state index contributed by atoms with van der Waals surface area (Å²) < 4.78 is 0. The van der Waals surface area contributed by atoms with Crippen molar-refractivity contribution in [2.75, 3.05) is 10.2 Å². The van der Waals surface area contributed by atoms with Crippen molar-refractivity contribution in [1.29, 1.82) is 0 Å². The summed E-state index contributed by atoms with van der Waals surface area (Å²) in [5.74, 6) is -0.0853. The summed E-state index contributed by atoms with van der Waals surface area (Å²) in [4.78, 5) is 30.1. The van der Waals surface area contributed by atoms with Crippen molar-refractivity contribution in [3.05, 3.63) is 142 Å². The Kier molecular flexibility index (Phi) is 6.34. The number of aryl methyl sites for hydroxylation is 1. The van der Waals surface area contributed by atoms with Gasteiger partial charge < -0.3 is 5.32 Å². The van der Waals surface area contributed by atoms with Gasteiger partial charge in [-0.05, 0) is 66.8 Å². The van der Waals surface area contributed by atoms with Gasteiger partial charge in [0, 0.05) is 28.3 Å². The zero-order chi connectivity index (χ0) is 26.2. The van der Waals surface area contributed by atoms with E-state index in [1.807, 2.05) is 78.9 Å². The van der Waals surface area contributed by atoms with E-state index in [-0.39, 0.29) is 17.6 Å². The van der Waals surface area contributed by atoms with Crippen LogP contribution in [0.1, 0.15) is 51.8 Å². The van der Waals surface area contributed by atoms with Crippen LogP contribution < -0.4 is 10.2 Å². The predicted octanol–water partition coefficient (Wildman–Crippen LogP) is 7.86. The van der Waals surface area contributed by atoms with Gasteiger partial charge in [-0.15, -0.1) is 0 Å². The number of amides is 1. The molecule has 0 spiro atoms. The molecule has 0 unspecified atom stereocenters. The van der Waals surface area contributed by atoms with Crippen molar-refractivity contribution >= 4 is 34.7 Å². The van der Waals surface area contributed by atoms with Crippen molar-refractivity contribution in [3.8, 4) is 0 Å². The van der Waals surface area contributed by atoms with E-state index >= 15 is 0 Å². The molecular formula is C33H27ClN2O2. The summed E-state index contributed by atoms with van der Waals surface area (Å²) in [5.41, 5.74) is 6.68. The maximum atomic E-state index is 14.2. The molecule has 1 N–H and O–H groups in total. The fraction of sp³-hybridized carbons (Fsp3) is 0.152. The number of anilines is 2. The van der Waals surface area contributed by atoms with Gasteiger partial charge in [-0.3, -0.25) is 14.5 Å². The Bertz CT molecular complexity index is 1560. The van der Waals surface area contributed by atoms with Gasteiger partial charge in [-0.2, -0.15) is 0 Å². The average Bonchev–Trinajstić information content (AvgIpc) is 3.08. The Hall–Kier alpha value is -4.15. The third kappa shape index (κ3) is 4.42. The monoisotopic (exact) mass is 518 g/mol. The second-order valence-electron chi connectivity index (χ2n) is 9.97. The fourth-order valence-electron chi connectivity index (χ4n) is 5.60. The van der Waals surface area contributed by atoms with Gasteiger partial charge in [0.25, 0.3) is 5.91 Å². The highest BCUT2D eigenvalue weighted by Gasteiger charge is 2.41. The molecule has 0 bridgehead atoms. The molecule has 188 valence electrons. The quantitative estimate of drug-likeness (QED) is 0.300. The number of allylic oxidation sites excluding steroid dienone is 1. The SMILES string of the molecule is Cc1ccc([C@H]2CC(=O)C3=C(C2)Nc2ccccc2N(C(=O)c2ccccc2)[C@@H]3c2cccc(Cl)c2)cc1. The number of carbonyl (C=O) groups excluding carboxylic acids is 2. The lowest BCUT2D eigenvalue weighted by Crippen LogP contribution is -2.38. The number of rotatable bonds is 3. The molecule has 0 aromatic heterocycles. The Morgan fingerprint density at radius 3 is 2.34 bits per heavy atom. The molecule has 38 heavy (non-hydrogen) atoms. The van der Waals surface area contributed by atoms with Crippen molar-refractivity contribution in [2.45, 2.75) is 31.7 Å². The van der Waals surface area contributed by atoms with Gasteiger partial charge in [0.1, 0.15) is 0 Å². The maximum absolute atomic E-state index is 14.2. The van der Waals surface area contributed by atoms with Crippen molar-refractivity contribution < 1.29 is 9.59 Å². The molecule has 4 aromatic rings. The molecule has 1 aliphatic heterocycles. The van der Waals surface area contributed by atoms with Gasteiger partial charge in [0.05, 0.1) is 17.4 Å². The zero-order valence-corrected chi connectivity index (χ0v) is 21.8. The van der Waals surface area contributed by atoms with E-state index < -0.39 is 6.04 Å². The number of benzene rings is 4. The smallest absolute Gasteiger partial charge is 0.259 e. The minimum Gasteiger partial charge on any atom is -0.357 e. The van der Waals surface area contributed by atoms with E-state index in [1.54, 1.807) is 4.90 Å². The number of nitrogens with one attached hydrogen (secondary N) is 1. The van der Waals surface area contributed by atoms with Crippen molar-refractivity contribution in [1.82, 2.24) is 0 Å². The van der Waals surface area contributed by atoms with E-state index in [0.29, 0.717) is 29.0 Å². The standard InChI is InChI=1S/C33H27ClN2O2/c1-21-14-16-22(17-15-21)25-19-28-31(30(37)20-25)32(24-10-7-11-26(34)18-24)36(29-13-6-5-12-27(29)35-28)33(38)23-8-3-2-4-9-23/h2-18,25,32,35H,19-20H2,1H3/t25-,32-/m1/s1. The van der Waals surface area contributed by atoms with Crippen LogP contribution in [-0.4, -0.2) is 11.7 Å². The first-order chi connectivity index (χ1) is 18.5.